The maximum atomic E-state index is 11.8. The smallest absolute Gasteiger partial charge is 0.232 e. The van der Waals surface area contributed by atoms with Crippen molar-refractivity contribution in [2.75, 3.05) is 5.32 Å². The second kappa shape index (κ2) is 5.33. The average molecular weight is 291 g/mol. The van der Waals surface area contributed by atoms with Gasteiger partial charge >= 0.3 is 0 Å². The minimum atomic E-state index is -0.152. The molecule has 0 bridgehead atoms. The summed E-state index contributed by atoms with van der Waals surface area (Å²) in [6, 6.07) is 5.68. The van der Waals surface area contributed by atoms with E-state index in [9.17, 15) is 4.79 Å². The van der Waals surface area contributed by atoms with Crippen LogP contribution in [0.4, 0.5) is 5.13 Å². The van der Waals surface area contributed by atoms with Crippen molar-refractivity contribution in [3.05, 3.63) is 40.8 Å². The van der Waals surface area contributed by atoms with E-state index in [0.29, 0.717) is 16.6 Å². The normalized spacial score (nSPS) is 10.5. The number of nitrogens with zero attached hydrogens (tertiary/aromatic N) is 2. The quantitative estimate of drug-likeness (QED) is 0.802. The number of aromatic nitrogens is 2. The van der Waals surface area contributed by atoms with Gasteiger partial charge in [0.2, 0.25) is 5.91 Å². The van der Waals surface area contributed by atoms with E-state index in [1.165, 1.54) is 11.3 Å². The Labute approximate surface area is 116 Å². The van der Waals surface area contributed by atoms with Crippen molar-refractivity contribution in [1.82, 2.24) is 10.1 Å². The Morgan fingerprint density at radius 1 is 1.37 bits per heavy atom. The van der Waals surface area contributed by atoms with Crippen LogP contribution in [0.25, 0.3) is 10.6 Å². The molecule has 0 aliphatic carbocycles. The summed E-state index contributed by atoms with van der Waals surface area (Å²) in [5.41, 5.74) is 0.609. The van der Waals surface area contributed by atoms with Crippen molar-refractivity contribution in [1.29, 1.82) is 0 Å². The topological polar surface area (TPSA) is 68.0 Å². The largest absolute Gasteiger partial charge is 0.355 e. The first-order chi connectivity index (χ1) is 9.31. The number of nitrogens with one attached hydrogen (secondary N) is 1. The number of amides is 1. The van der Waals surface area contributed by atoms with Crippen molar-refractivity contribution < 1.29 is 9.32 Å². The van der Waals surface area contributed by atoms with Crippen LogP contribution in [0.5, 0.6) is 0 Å². The first-order valence-corrected chi connectivity index (χ1v) is 7.26. The van der Waals surface area contributed by atoms with Gasteiger partial charge in [0, 0.05) is 17.6 Å². The summed E-state index contributed by atoms with van der Waals surface area (Å²) in [7, 11) is 0. The van der Waals surface area contributed by atoms with Gasteiger partial charge in [0.05, 0.1) is 17.0 Å². The van der Waals surface area contributed by atoms with Crippen LogP contribution in [0, 0.1) is 0 Å². The van der Waals surface area contributed by atoms with E-state index in [0.717, 1.165) is 4.88 Å². The predicted octanol–water partition coefficient (Wildman–Crippen LogP) is 3.04. The zero-order valence-electron chi connectivity index (χ0n) is 9.70. The standard InChI is InChI=1S/C12H9N3O2S2/c16-11(14-12-13-3-5-19-12)7-8-6-9(17-15-8)10-2-1-4-18-10/h1-6H,7H2,(H,13,14,16). The molecular weight excluding hydrogens is 282 g/mol. The monoisotopic (exact) mass is 291 g/mol. The molecule has 3 aromatic rings. The lowest BCUT2D eigenvalue weighted by molar-refractivity contribution is -0.115. The summed E-state index contributed by atoms with van der Waals surface area (Å²) in [5, 5.41) is 11.0. The van der Waals surface area contributed by atoms with Crippen molar-refractivity contribution in [2.24, 2.45) is 0 Å². The number of rotatable bonds is 4. The Bertz CT molecular complexity index is 659. The minimum absolute atomic E-state index is 0.152. The second-order valence-electron chi connectivity index (χ2n) is 3.72. The molecule has 0 radical (unpaired) electrons. The molecule has 0 aliphatic heterocycles. The number of thiophene rings is 1. The molecule has 96 valence electrons. The highest BCUT2D eigenvalue weighted by molar-refractivity contribution is 7.13. The molecule has 1 amide bonds. The fourth-order valence-corrected chi connectivity index (χ4v) is 2.76. The van der Waals surface area contributed by atoms with E-state index >= 15 is 0 Å². The molecule has 0 aliphatic rings. The summed E-state index contributed by atoms with van der Waals surface area (Å²) >= 11 is 2.95. The summed E-state index contributed by atoms with van der Waals surface area (Å²) < 4.78 is 5.21. The Morgan fingerprint density at radius 2 is 2.32 bits per heavy atom. The van der Waals surface area contributed by atoms with Crippen LogP contribution in [0.15, 0.2) is 39.7 Å². The third-order valence-corrected chi connectivity index (χ3v) is 3.92. The van der Waals surface area contributed by atoms with Gasteiger partial charge in [-0.3, -0.25) is 4.79 Å². The molecule has 19 heavy (non-hydrogen) atoms. The molecule has 3 rings (SSSR count). The highest BCUT2D eigenvalue weighted by Gasteiger charge is 2.11. The summed E-state index contributed by atoms with van der Waals surface area (Å²) in [5.74, 6) is 0.535. The lowest BCUT2D eigenvalue weighted by Crippen LogP contribution is -2.14. The third-order valence-electron chi connectivity index (χ3n) is 2.34. The Kier molecular flexibility index (Phi) is 3.39. The van der Waals surface area contributed by atoms with Crippen molar-refractivity contribution in [3.63, 3.8) is 0 Å². The Hall–Kier alpha value is -1.99. The molecule has 0 saturated carbocycles. The number of thiazole rings is 1. The lowest BCUT2D eigenvalue weighted by Gasteiger charge is -1.97. The van der Waals surface area contributed by atoms with Gasteiger partial charge in [-0.05, 0) is 11.4 Å². The zero-order valence-corrected chi connectivity index (χ0v) is 11.3. The van der Waals surface area contributed by atoms with Crippen molar-refractivity contribution >= 4 is 33.7 Å². The number of carbonyl (C=O) groups excluding carboxylic acids is 1. The van der Waals surface area contributed by atoms with Crippen molar-refractivity contribution in [2.45, 2.75) is 6.42 Å². The highest BCUT2D eigenvalue weighted by atomic mass is 32.1. The minimum Gasteiger partial charge on any atom is -0.355 e. The van der Waals surface area contributed by atoms with Crippen LogP contribution in [-0.4, -0.2) is 16.0 Å². The van der Waals surface area contributed by atoms with E-state index in [1.54, 1.807) is 29.0 Å². The van der Waals surface area contributed by atoms with Gasteiger partial charge in [-0.1, -0.05) is 11.2 Å². The maximum absolute atomic E-state index is 11.8. The molecule has 3 heterocycles. The second-order valence-corrected chi connectivity index (χ2v) is 5.56. The summed E-state index contributed by atoms with van der Waals surface area (Å²) in [6.07, 6.45) is 1.82. The fourth-order valence-electron chi connectivity index (χ4n) is 1.54. The molecule has 0 spiro atoms. The van der Waals surface area contributed by atoms with Crippen LogP contribution in [0.2, 0.25) is 0 Å². The van der Waals surface area contributed by atoms with E-state index in [4.69, 9.17) is 4.52 Å². The SMILES string of the molecule is O=C(Cc1cc(-c2cccs2)on1)Nc1nccs1. The van der Waals surface area contributed by atoms with E-state index in [1.807, 2.05) is 17.5 Å². The fraction of sp³-hybridized carbons (Fsp3) is 0.0833. The van der Waals surface area contributed by atoms with Crippen LogP contribution < -0.4 is 5.32 Å². The summed E-state index contributed by atoms with van der Waals surface area (Å²) in [6.45, 7) is 0. The lowest BCUT2D eigenvalue weighted by atomic mass is 10.2. The molecule has 3 aromatic heterocycles. The van der Waals surface area contributed by atoms with Gasteiger partial charge < -0.3 is 9.84 Å². The molecular formula is C12H9N3O2S2. The van der Waals surface area contributed by atoms with Gasteiger partial charge in [0.15, 0.2) is 10.9 Å². The molecule has 1 N–H and O–H groups in total. The number of hydrogen-bond acceptors (Lipinski definition) is 6. The highest BCUT2D eigenvalue weighted by Crippen LogP contribution is 2.25. The van der Waals surface area contributed by atoms with Gasteiger partial charge in [-0.25, -0.2) is 4.98 Å². The molecule has 7 heteroatoms. The van der Waals surface area contributed by atoms with Crippen LogP contribution >= 0.6 is 22.7 Å². The predicted molar refractivity (Wildman–Crippen MR) is 74.3 cm³/mol. The average Bonchev–Trinajstić information content (AvgIpc) is 3.09. The molecule has 0 fully saturated rings. The molecule has 0 saturated heterocycles. The van der Waals surface area contributed by atoms with Crippen LogP contribution in [-0.2, 0) is 11.2 Å². The number of carbonyl (C=O) groups is 1. The van der Waals surface area contributed by atoms with Crippen LogP contribution in [0.3, 0.4) is 0 Å². The van der Waals surface area contributed by atoms with E-state index in [2.05, 4.69) is 15.5 Å². The van der Waals surface area contributed by atoms with Gasteiger partial charge in [-0.15, -0.1) is 22.7 Å². The molecule has 0 atom stereocenters. The zero-order chi connectivity index (χ0) is 13.1. The van der Waals surface area contributed by atoms with Gasteiger partial charge in [-0.2, -0.15) is 0 Å². The van der Waals surface area contributed by atoms with Crippen LogP contribution in [0.1, 0.15) is 5.69 Å². The third kappa shape index (κ3) is 2.88. The Morgan fingerprint density at radius 3 is 3.05 bits per heavy atom. The van der Waals surface area contributed by atoms with E-state index in [-0.39, 0.29) is 12.3 Å². The first-order valence-electron chi connectivity index (χ1n) is 5.50. The first kappa shape index (κ1) is 12.1. The van der Waals surface area contributed by atoms with Crippen molar-refractivity contribution in [3.8, 4) is 10.6 Å². The Balaban J connectivity index is 1.65. The molecule has 5 nitrogen and oxygen atoms in total. The number of hydrogen-bond donors (Lipinski definition) is 1. The maximum Gasteiger partial charge on any atom is 0.232 e. The van der Waals surface area contributed by atoms with Gasteiger partial charge in [0.1, 0.15) is 0 Å². The molecule has 0 aromatic carbocycles. The van der Waals surface area contributed by atoms with E-state index < -0.39 is 0 Å². The number of anilines is 1. The van der Waals surface area contributed by atoms with Gasteiger partial charge in [0.25, 0.3) is 0 Å². The summed E-state index contributed by atoms with van der Waals surface area (Å²) in [4.78, 5) is 16.7. The molecule has 0 unspecified atom stereocenters.